The van der Waals surface area contributed by atoms with Crippen molar-refractivity contribution in [3.63, 3.8) is 0 Å². The lowest BCUT2D eigenvalue weighted by Gasteiger charge is -2.20. The maximum absolute atomic E-state index is 12.4. The molecular weight excluding hydrogens is 631 g/mol. The minimum Gasteiger partial charge on any atom is -0.480 e. The van der Waals surface area contributed by atoms with E-state index in [2.05, 4.69) is 5.32 Å². The minimum atomic E-state index is -3.89. The van der Waals surface area contributed by atoms with Crippen LogP contribution in [-0.2, 0) is 38.7 Å². The Kier molecular flexibility index (Phi) is 14.5. The Morgan fingerprint density at radius 2 is 1.30 bits per heavy atom. The number of nitrogens with one attached hydrogen (secondary N) is 1. The maximum Gasteiger partial charge on any atom is 0.317 e. The molecule has 208 valence electrons. The summed E-state index contributed by atoms with van der Waals surface area (Å²) >= 11 is 1.84. The zero-order valence-corrected chi connectivity index (χ0v) is 22.6. The molecule has 0 atom stereocenters. The maximum atomic E-state index is 12.4. The highest BCUT2D eigenvalue weighted by molar-refractivity contribution is 14.1. The number of carboxylic acids is 3. The highest BCUT2D eigenvalue weighted by Crippen LogP contribution is 2.21. The van der Waals surface area contributed by atoms with Crippen LogP contribution in [0.1, 0.15) is 0 Å². The van der Waals surface area contributed by atoms with E-state index in [1.165, 1.54) is 28.0 Å². The van der Waals surface area contributed by atoms with Crippen LogP contribution in [0.25, 0.3) is 0 Å². The standard InChI is InChI=1S/C20H29IN4O11S/c21-15-9-14(37(22,33)34)1-2-16(15)23-17(26)10-24(11-18(27)28)3-5-35-7-8-36-6-4-25(12-19(29)30)13-20(31)32/h1-2,9H,3-8,10-13H2,(H,23,26)(H,27,28)(H,29,30)(H,31,32)(H2,22,33,34). The molecule has 0 saturated heterocycles. The summed E-state index contributed by atoms with van der Waals surface area (Å²) in [6.45, 7) is -0.866. The molecule has 17 heteroatoms. The number of carboxylic acid groups (broad SMARTS) is 3. The van der Waals surface area contributed by atoms with E-state index in [1.54, 1.807) is 0 Å². The summed E-state index contributed by atoms with van der Waals surface area (Å²) in [4.78, 5) is 47.5. The highest BCUT2D eigenvalue weighted by atomic mass is 127. The number of rotatable bonds is 19. The van der Waals surface area contributed by atoms with Crippen LogP contribution in [0.3, 0.4) is 0 Å². The fraction of sp³-hybridized carbons (Fsp3) is 0.500. The van der Waals surface area contributed by atoms with Crippen molar-refractivity contribution in [3.05, 3.63) is 21.8 Å². The molecule has 0 radical (unpaired) electrons. The molecule has 37 heavy (non-hydrogen) atoms. The van der Waals surface area contributed by atoms with Crippen LogP contribution in [-0.4, -0.2) is 123 Å². The first kappa shape index (κ1) is 32.6. The molecule has 0 aromatic heterocycles. The number of hydrogen-bond acceptors (Lipinski definition) is 10. The molecule has 0 aliphatic rings. The van der Waals surface area contributed by atoms with Gasteiger partial charge in [0.05, 0.1) is 63.2 Å². The Morgan fingerprint density at radius 1 is 0.838 bits per heavy atom. The van der Waals surface area contributed by atoms with Crippen molar-refractivity contribution in [2.24, 2.45) is 5.14 Å². The zero-order chi connectivity index (χ0) is 28.0. The first-order chi connectivity index (χ1) is 17.3. The van der Waals surface area contributed by atoms with Gasteiger partial charge in [0, 0.05) is 16.7 Å². The first-order valence-electron chi connectivity index (χ1n) is 10.7. The fourth-order valence-electron chi connectivity index (χ4n) is 2.88. The zero-order valence-electron chi connectivity index (χ0n) is 19.7. The van der Waals surface area contributed by atoms with E-state index < -0.39 is 53.5 Å². The molecule has 0 saturated carbocycles. The number of carbonyl (C=O) groups excluding carboxylic acids is 1. The summed E-state index contributed by atoms with van der Waals surface area (Å²) in [5.41, 5.74) is 0.340. The van der Waals surface area contributed by atoms with Crippen LogP contribution in [0.4, 0.5) is 5.69 Å². The van der Waals surface area contributed by atoms with Crippen LogP contribution < -0.4 is 10.5 Å². The summed E-state index contributed by atoms with van der Waals surface area (Å²) in [7, 11) is -3.89. The number of aliphatic carboxylic acids is 3. The third-order valence-electron chi connectivity index (χ3n) is 4.46. The molecule has 0 unspecified atom stereocenters. The first-order valence-corrected chi connectivity index (χ1v) is 13.3. The van der Waals surface area contributed by atoms with Crippen LogP contribution in [0.2, 0.25) is 0 Å². The smallest absolute Gasteiger partial charge is 0.317 e. The van der Waals surface area contributed by atoms with Crippen molar-refractivity contribution in [2.45, 2.75) is 4.90 Å². The van der Waals surface area contributed by atoms with Crippen molar-refractivity contribution in [2.75, 3.05) is 71.0 Å². The summed E-state index contributed by atoms with van der Waals surface area (Å²) in [6, 6.07) is 3.92. The number of anilines is 1. The molecule has 0 fully saturated rings. The summed E-state index contributed by atoms with van der Waals surface area (Å²) < 4.78 is 34.0. The molecule has 0 bridgehead atoms. The number of primary sulfonamides is 1. The van der Waals surface area contributed by atoms with Gasteiger partial charge in [-0.15, -0.1) is 0 Å². The van der Waals surface area contributed by atoms with Crippen molar-refractivity contribution >= 4 is 62.1 Å². The van der Waals surface area contributed by atoms with Gasteiger partial charge >= 0.3 is 17.9 Å². The summed E-state index contributed by atoms with van der Waals surface area (Å²) in [6.07, 6.45) is 0. The van der Waals surface area contributed by atoms with E-state index in [0.717, 1.165) is 0 Å². The Morgan fingerprint density at radius 3 is 1.70 bits per heavy atom. The Balaban J connectivity index is 2.42. The predicted molar refractivity (Wildman–Crippen MR) is 137 cm³/mol. The predicted octanol–water partition coefficient (Wildman–Crippen LogP) is -1.23. The summed E-state index contributed by atoms with van der Waals surface area (Å²) in [5, 5.41) is 34.4. The molecule has 6 N–H and O–H groups in total. The molecule has 1 amide bonds. The van der Waals surface area contributed by atoms with Gasteiger partial charge in [-0.25, -0.2) is 13.6 Å². The number of benzene rings is 1. The molecule has 0 aliphatic carbocycles. The van der Waals surface area contributed by atoms with Gasteiger partial charge in [0.1, 0.15) is 0 Å². The Bertz CT molecular complexity index is 1040. The number of nitrogens with zero attached hydrogens (tertiary/aromatic N) is 2. The number of hydrogen-bond donors (Lipinski definition) is 5. The normalized spacial score (nSPS) is 11.6. The second kappa shape index (κ2) is 16.4. The van der Waals surface area contributed by atoms with Crippen LogP contribution in [0, 0.1) is 3.57 Å². The third-order valence-corrected chi connectivity index (χ3v) is 6.27. The third kappa shape index (κ3) is 14.8. The highest BCUT2D eigenvalue weighted by Gasteiger charge is 2.17. The number of nitrogens with two attached hydrogens (primary N) is 1. The quantitative estimate of drug-likeness (QED) is 0.0867. The number of halogens is 1. The van der Waals surface area contributed by atoms with Gasteiger partial charge < -0.3 is 30.1 Å². The van der Waals surface area contributed by atoms with Gasteiger partial charge in [-0.1, -0.05) is 0 Å². The molecule has 15 nitrogen and oxygen atoms in total. The SMILES string of the molecule is NS(=O)(=O)c1ccc(NC(=O)CN(CCOCCOCCN(CC(=O)O)CC(=O)O)CC(=O)O)c(I)c1. The molecule has 0 aliphatic heterocycles. The number of sulfonamides is 1. The van der Waals surface area contributed by atoms with E-state index in [4.69, 9.17) is 29.9 Å². The lowest BCUT2D eigenvalue weighted by atomic mass is 10.3. The molecule has 1 rings (SSSR count). The topological polar surface area (TPSA) is 226 Å². The van der Waals surface area contributed by atoms with Crippen molar-refractivity contribution in [3.8, 4) is 0 Å². The average Bonchev–Trinajstić information content (AvgIpc) is 2.74. The van der Waals surface area contributed by atoms with Crippen LogP contribution in [0.5, 0.6) is 0 Å². The molecule has 1 aromatic rings. The average molecular weight is 660 g/mol. The van der Waals surface area contributed by atoms with Crippen molar-refractivity contribution < 1.29 is 52.4 Å². The Labute approximate surface area is 226 Å². The van der Waals surface area contributed by atoms with E-state index in [9.17, 15) is 27.6 Å². The van der Waals surface area contributed by atoms with E-state index in [1.807, 2.05) is 22.6 Å². The second-order valence-electron chi connectivity index (χ2n) is 7.56. The molecule has 0 heterocycles. The number of carbonyl (C=O) groups is 4. The fourth-order valence-corrected chi connectivity index (χ4v) is 4.28. The lowest BCUT2D eigenvalue weighted by molar-refractivity contribution is -0.142. The van der Waals surface area contributed by atoms with Crippen molar-refractivity contribution in [1.82, 2.24) is 9.80 Å². The summed E-state index contributed by atoms with van der Waals surface area (Å²) in [5.74, 6) is -3.97. The van der Waals surface area contributed by atoms with Crippen LogP contribution >= 0.6 is 22.6 Å². The lowest BCUT2D eigenvalue weighted by Crippen LogP contribution is -2.39. The molecule has 0 spiro atoms. The van der Waals surface area contributed by atoms with Crippen LogP contribution in [0.15, 0.2) is 23.1 Å². The van der Waals surface area contributed by atoms with Gasteiger partial charge in [0.15, 0.2) is 0 Å². The van der Waals surface area contributed by atoms with Gasteiger partial charge in [-0.2, -0.15) is 0 Å². The van der Waals surface area contributed by atoms with E-state index >= 15 is 0 Å². The largest absolute Gasteiger partial charge is 0.480 e. The Hall–Kier alpha value is -2.42. The monoisotopic (exact) mass is 660 g/mol. The second-order valence-corrected chi connectivity index (χ2v) is 10.3. The van der Waals surface area contributed by atoms with Crippen molar-refractivity contribution in [1.29, 1.82) is 0 Å². The van der Waals surface area contributed by atoms with Gasteiger partial charge in [-0.3, -0.25) is 29.0 Å². The van der Waals surface area contributed by atoms with Gasteiger partial charge in [-0.05, 0) is 40.8 Å². The van der Waals surface area contributed by atoms with E-state index in [0.29, 0.717) is 9.26 Å². The number of ether oxygens (including phenoxy) is 2. The molecular formula is C20H29IN4O11S. The van der Waals surface area contributed by atoms with Gasteiger partial charge in [0.25, 0.3) is 0 Å². The van der Waals surface area contributed by atoms with Gasteiger partial charge in [0.2, 0.25) is 15.9 Å². The molecule has 1 aromatic carbocycles. The number of amides is 1. The van der Waals surface area contributed by atoms with E-state index in [-0.39, 0.29) is 51.0 Å². The minimum absolute atomic E-state index is 0.0895.